The summed E-state index contributed by atoms with van der Waals surface area (Å²) in [5.74, 6) is 0.889. The van der Waals surface area contributed by atoms with Gasteiger partial charge in [-0.2, -0.15) is 0 Å². The van der Waals surface area contributed by atoms with Gasteiger partial charge in [0.25, 0.3) is 0 Å². The number of hydrogen-bond acceptors (Lipinski definition) is 3. The normalized spacial score (nSPS) is 47.4. The zero-order valence-electron chi connectivity index (χ0n) is 11.8. The molecule has 1 saturated heterocycles. The van der Waals surface area contributed by atoms with Gasteiger partial charge in [0.1, 0.15) is 6.29 Å². The predicted octanol–water partition coefficient (Wildman–Crippen LogP) is 1.96. The molecule has 3 aliphatic rings. The molecule has 3 nitrogen and oxygen atoms in total. The number of hydrogen-bond donors (Lipinski definition) is 0. The smallest absolute Gasteiger partial charge is 0.125 e. The maximum absolute atomic E-state index is 11.7. The molecule has 1 heterocycles. The summed E-state index contributed by atoms with van der Waals surface area (Å²) >= 11 is 0. The van der Waals surface area contributed by atoms with Crippen LogP contribution in [0.2, 0.25) is 0 Å². The molecule has 4 atom stereocenters. The number of carbonyl (C=O) groups excluding carboxylic acids is 1. The van der Waals surface area contributed by atoms with Crippen LogP contribution in [0.5, 0.6) is 0 Å². The first-order chi connectivity index (χ1) is 8.52. The standard InChI is InChI=1S/C15H25NO2/c1-14(2)11-4-5-15(14,3)12(10-17)13(11)16-6-8-18-9-7-16/h10-13H,4-9H2,1-3H3/t11?,12-,13?,15?/m1/s1. The van der Waals surface area contributed by atoms with E-state index in [0.29, 0.717) is 17.4 Å². The van der Waals surface area contributed by atoms with E-state index in [9.17, 15) is 4.79 Å². The largest absolute Gasteiger partial charge is 0.379 e. The first kappa shape index (κ1) is 12.6. The fourth-order valence-electron chi connectivity index (χ4n) is 4.97. The number of ether oxygens (including phenoxy) is 1. The fourth-order valence-corrected chi connectivity index (χ4v) is 4.97. The Balaban J connectivity index is 1.93. The van der Waals surface area contributed by atoms with E-state index in [0.717, 1.165) is 26.3 Å². The summed E-state index contributed by atoms with van der Waals surface area (Å²) in [6, 6.07) is 0.458. The lowest BCUT2D eigenvalue weighted by atomic mass is 9.67. The second-order valence-corrected chi connectivity index (χ2v) is 7.09. The van der Waals surface area contributed by atoms with E-state index in [1.807, 2.05) is 0 Å². The monoisotopic (exact) mass is 251 g/mol. The molecule has 3 fully saturated rings. The van der Waals surface area contributed by atoms with Gasteiger partial charge in [-0.3, -0.25) is 4.90 Å². The van der Waals surface area contributed by atoms with Crippen molar-refractivity contribution < 1.29 is 9.53 Å². The molecule has 2 saturated carbocycles. The summed E-state index contributed by atoms with van der Waals surface area (Å²) in [7, 11) is 0. The maximum atomic E-state index is 11.7. The molecule has 2 aliphatic carbocycles. The molecular weight excluding hydrogens is 226 g/mol. The third-order valence-corrected chi connectivity index (χ3v) is 6.50. The van der Waals surface area contributed by atoms with Crippen molar-refractivity contribution in [1.29, 1.82) is 0 Å². The van der Waals surface area contributed by atoms with Crippen LogP contribution in [0.1, 0.15) is 33.6 Å². The van der Waals surface area contributed by atoms with Crippen LogP contribution in [-0.2, 0) is 9.53 Å². The average molecular weight is 251 g/mol. The molecule has 3 heteroatoms. The number of carbonyl (C=O) groups is 1. The molecule has 2 bridgehead atoms. The molecule has 0 aromatic carbocycles. The molecule has 18 heavy (non-hydrogen) atoms. The van der Waals surface area contributed by atoms with Gasteiger partial charge in [-0.25, -0.2) is 0 Å². The second-order valence-electron chi connectivity index (χ2n) is 7.09. The summed E-state index contributed by atoms with van der Waals surface area (Å²) in [6.45, 7) is 10.7. The Labute approximate surface area is 110 Å². The first-order valence-corrected chi connectivity index (χ1v) is 7.29. The van der Waals surface area contributed by atoms with Crippen molar-refractivity contribution in [3.05, 3.63) is 0 Å². The van der Waals surface area contributed by atoms with Gasteiger partial charge in [0.2, 0.25) is 0 Å². The van der Waals surface area contributed by atoms with Crippen LogP contribution in [-0.4, -0.2) is 43.5 Å². The lowest BCUT2D eigenvalue weighted by Crippen LogP contribution is -2.51. The predicted molar refractivity (Wildman–Crippen MR) is 70.3 cm³/mol. The molecular formula is C15H25NO2. The lowest BCUT2D eigenvalue weighted by Gasteiger charge is -2.42. The van der Waals surface area contributed by atoms with Gasteiger partial charge in [0, 0.05) is 25.0 Å². The van der Waals surface area contributed by atoms with Crippen LogP contribution in [0, 0.1) is 22.7 Å². The van der Waals surface area contributed by atoms with E-state index in [2.05, 4.69) is 25.7 Å². The Hall–Kier alpha value is -0.410. The number of nitrogens with zero attached hydrogens (tertiary/aromatic N) is 1. The van der Waals surface area contributed by atoms with Crippen LogP contribution < -0.4 is 0 Å². The zero-order valence-corrected chi connectivity index (χ0v) is 11.8. The van der Waals surface area contributed by atoms with E-state index in [-0.39, 0.29) is 11.3 Å². The fraction of sp³-hybridized carbons (Fsp3) is 0.933. The minimum Gasteiger partial charge on any atom is -0.379 e. The summed E-state index contributed by atoms with van der Waals surface area (Å²) < 4.78 is 5.46. The summed E-state index contributed by atoms with van der Waals surface area (Å²) in [4.78, 5) is 14.2. The molecule has 3 unspecified atom stereocenters. The van der Waals surface area contributed by atoms with Gasteiger partial charge >= 0.3 is 0 Å². The van der Waals surface area contributed by atoms with E-state index in [1.165, 1.54) is 19.1 Å². The maximum Gasteiger partial charge on any atom is 0.125 e. The molecule has 0 amide bonds. The number of rotatable bonds is 2. The molecule has 3 rings (SSSR count). The highest BCUT2D eigenvalue weighted by Gasteiger charge is 2.66. The van der Waals surface area contributed by atoms with E-state index >= 15 is 0 Å². The lowest BCUT2D eigenvalue weighted by molar-refractivity contribution is -0.118. The highest BCUT2D eigenvalue weighted by Crippen LogP contribution is 2.68. The molecule has 0 radical (unpaired) electrons. The molecule has 0 spiro atoms. The average Bonchev–Trinajstić information content (AvgIpc) is 2.70. The highest BCUT2D eigenvalue weighted by molar-refractivity contribution is 5.59. The topological polar surface area (TPSA) is 29.5 Å². The van der Waals surface area contributed by atoms with Gasteiger partial charge in [-0.15, -0.1) is 0 Å². The minimum atomic E-state index is 0.197. The van der Waals surface area contributed by atoms with Gasteiger partial charge in [-0.1, -0.05) is 20.8 Å². The van der Waals surface area contributed by atoms with Crippen molar-refractivity contribution in [2.75, 3.05) is 26.3 Å². The summed E-state index contributed by atoms with van der Waals surface area (Å²) in [6.07, 6.45) is 3.76. The van der Waals surface area contributed by atoms with E-state index < -0.39 is 0 Å². The Morgan fingerprint density at radius 3 is 2.50 bits per heavy atom. The van der Waals surface area contributed by atoms with Gasteiger partial charge in [-0.05, 0) is 29.6 Å². The van der Waals surface area contributed by atoms with Crippen molar-refractivity contribution in [2.45, 2.75) is 39.7 Å². The third-order valence-electron chi connectivity index (χ3n) is 6.50. The Kier molecular flexibility index (Phi) is 2.83. The summed E-state index contributed by atoms with van der Waals surface area (Å²) in [5, 5.41) is 0. The van der Waals surface area contributed by atoms with E-state index in [1.54, 1.807) is 0 Å². The molecule has 0 aromatic rings. The van der Waals surface area contributed by atoms with Gasteiger partial charge < -0.3 is 9.53 Å². The van der Waals surface area contributed by atoms with E-state index in [4.69, 9.17) is 4.74 Å². The minimum absolute atomic E-state index is 0.197. The van der Waals surface area contributed by atoms with Gasteiger partial charge in [0.15, 0.2) is 0 Å². The Morgan fingerprint density at radius 1 is 1.22 bits per heavy atom. The highest BCUT2D eigenvalue weighted by atomic mass is 16.5. The van der Waals surface area contributed by atoms with Crippen LogP contribution in [0.15, 0.2) is 0 Å². The Bertz CT molecular complexity index is 348. The zero-order chi connectivity index (χ0) is 13.0. The molecule has 1 aliphatic heterocycles. The third kappa shape index (κ3) is 1.41. The number of morpholine rings is 1. The SMILES string of the molecule is CC1(C)C2CCC1(C)[C@H](C=O)C2N1CCOCC1. The van der Waals surface area contributed by atoms with Crippen molar-refractivity contribution in [3.63, 3.8) is 0 Å². The van der Waals surface area contributed by atoms with Crippen molar-refractivity contribution >= 4 is 6.29 Å². The second kappa shape index (κ2) is 4.04. The summed E-state index contributed by atoms with van der Waals surface area (Å²) in [5.41, 5.74) is 0.490. The van der Waals surface area contributed by atoms with Crippen molar-refractivity contribution in [3.8, 4) is 0 Å². The van der Waals surface area contributed by atoms with Crippen molar-refractivity contribution in [2.24, 2.45) is 22.7 Å². The van der Waals surface area contributed by atoms with Crippen LogP contribution >= 0.6 is 0 Å². The number of aldehydes is 1. The number of fused-ring (bicyclic) bond motifs is 2. The Morgan fingerprint density at radius 2 is 1.89 bits per heavy atom. The van der Waals surface area contributed by atoms with Crippen molar-refractivity contribution in [1.82, 2.24) is 4.90 Å². The molecule has 0 aromatic heterocycles. The first-order valence-electron chi connectivity index (χ1n) is 7.29. The molecule has 0 N–H and O–H groups in total. The van der Waals surface area contributed by atoms with Gasteiger partial charge in [0.05, 0.1) is 13.2 Å². The van der Waals surface area contributed by atoms with Crippen LogP contribution in [0.3, 0.4) is 0 Å². The quantitative estimate of drug-likeness (QED) is 0.703. The molecule has 102 valence electrons. The van der Waals surface area contributed by atoms with Crippen LogP contribution in [0.25, 0.3) is 0 Å². The van der Waals surface area contributed by atoms with Crippen LogP contribution in [0.4, 0.5) is 0 Å².